The Morgan fingerprint density at radius 2 is 1.84 bits per heavy atom. The van der Waals surface area contributed by atoms with Crippen LogP contribution in [0.25, 0.3) is 11.0 Å². The lowest BCUT2D eigenvalue weighted by molar-refractivity contribution is 0.0507. The normalized spacial score (nSPS) is 10.4. The van der Waals surface area contributed by atoms with Crippen LogP contribution in [0.2, 0.25) is 0 Å². The molecule has 2 aromatic rings. The van der Waals surface area contributed by atoms with Crippen molar-refractivity contribution >= 4 is 23.0 Å². The van der Waals surface area contributed by atoms with Crippen molar-refractivity contribution in [2.75, 3.05) is 13.2 Å². The number of nitrogens with one attached hydrogen (secondary N) is 1. The minimum Gasteiger partial charge on any atom is -0.461 e. The Labute approximate surface area is 109 Å². The van der Waals surface area contributed by atoms with Crippen LogP contribution in [0, 0.1) is 0 Å². The van der Waals surface area contributed by atoms with E-state index in [1.165, 1.54) is 0 Å². The van der Waals surface area contributed by atoms with Crippen molar-refractivity contribution < 1.29 is 19.1 Å². The number of hydrogen-bond donors (Lipinski definition) is 1. The fourth-order valence-corrected chi connectivity index (χ4v) is 1.58. The van der Waals surface area contributed by atoms with Crippen LogP contribution in [0.5, 0.6) is 0 Å². The molecule has 2 aromatic heterocycles. The van der Waals surface area contributed by atoms with Gasteiger partial charge in [-0.1, -0.05) is 0 Å². The van der Waals surface area contributed by atoms with Crippen LogP contribution in [0.15, 0.2) is 12.3 Å². The quantitative estimate of drug-likeness (QED) is 0.836. The van der Waals surface area contributed by atoms with Crippen molar-refractivity contribution in [2.45, 2.75) is 13.8 Å². The molecule has 0 saturated heterocycles. The molecule has 19 heavy (non-hydrogen) atoms. The van der Waals surface area contributed by atoms with E-state index in [1.54, 1.807) is 26.1 Å². The predicted octanol–water partition coefficient (Wildman–Crippen LogP) is 1.31. The van der Waals surface area contributed by atoms with Gasteiger partial charge in [-0.05, 0) is 19.9 Å². The number of rotatable bonds is 4. The van der Waals surface area contributed by atoms with Crippen molar-refractivity contribution in [3.63, 3.8) is 0 Å². The number of nitrogens with zero attached hydrogens (tertiary/aromatic N) is 2. The molecule has 0 radical (unpaired) electrons. The van der Waals surface area contributed by atoms with Gasteiger partial charge in [-0.25, -0.2) is 19.6 Å². The van der Waals surface area contributed by atoms with Crippen LogP contribution in [0.4, 0.5) is 0 Å². The first-order valence-corrected chi connectivity index (χ1v) is 5.86. The van der Waals surface area contributed by atoms with Gasteiger partial charge in [0, 0.05) is 6.20 Å². The molecule has 0 aromatic carbocycles. The second-order valence-corrected chi connectivity index (χ2v) is 3.57. The lowest BCUT2D eigenvalue weighted by Gasteiger charge is -2.05. The lowest BCUT2D eigenvalue weighted by Crippen LogP contribution is -2.15. The molecule has 2 rings (SSSR count). The molecular formula is C12H13N3O4. The highest BCUT2D eigenvalue weighted by atomic mass is 16.5. The Morgan fingerprint density at radius 1 is 1.16 bits per heavy atom. The van der Waals surface area contributed by atoms with E-state index in [9.17, 15) is 9.59 Å². The van der Waals surface area contributed by atoms with Gasteiger partial charge in [-0.3, -0.25) is 0 Å². The van der Waals surface area contributed by atoms with Crippen molar-refractivity contribution in [1.82, 2.24) is 15.0 Å². The number of esters is 2. The second kappa shape index (κ2) is 5.47. The third kappa shape index (κ3) is 2.54. The van der Waals surface area contributed by atoms with Crippen molar-refractivity contribution in [1.29, 1.82) is 0 Å². The zero-order valence-electron chi connectivity index (χ0n) is 10.6. The molecule has 0 aliphatic carbocycles. The lowest BCUT2D eigenvalue weighted by atomic mass is 10.3. The SMILES string of the molecule is CCOC(=O)c1nc(C(=O)OCC)c2[nH]ccc2n1. The molecule has 0 aliphatic heterocycles. The number of H-pyrrole nitrogens is 1. The molecule has 0 aliphatic rings. The van der Waals surface area contributed by atoms with Gasteiger partial charge < -0.3 is 14.5 Å². The van der Waals surface area contributed by atoms with Gasteiger partial charge in [0.2, 0.25) is 5.82 Å². The first kappa shape index (κ1) is 13.0. The van der Waals surface area contributed by atoms with Gasteiger partial charge in [0.25, 0.3) is 0 Å². The highest BCUT2D eigenvalue weighted by Gasteiger charge is 2.20. The summed E-state index contributed by atoms with van der Waals surface area (Å²) < 4.78 is 9.72. The minimum absolute atomic E-state index is 0.0277. The number of aromatic amines is 1. The van der Waals surface area contributed by atoms with Gasteiger partial charge in [0.15, 0.2) is 5.69 Å². The van der Waals surface area contributed by atoms with E-state index in [1.807, 2.05) is 0 Å². The number of fused-ring (bicyclic) bond motifs is 1. The van der Waals surface area contributed by atoms with E-state index in [0.29, 0.717) is 11.0 Å². The molecule has 0 bridgehead atoms. The summed E-state index contributed by atoms with van der Waals surface area (Å²) in [6.07, 6.45) is 1.61. The summed E-state index contributed by atoms with van der Waals surface area (Å²) in [6, 6.07) is 1.64. The Bertz CT molecular complexity index is 620. The highest BCUT2D eigenvalue weighted by molar-refractivity contribution is 6.01. The molecule has 1 N–H and O–H groups in total. The van der Waals surface area contributed by atoms with Gasteiger partial charge in [-0.15, -0.1) is 0 Å². The van der Waals surface area contributed by atoms with Crippen LogP contribution in [-0.4, -0.2) is 40.1 Å². The predicted molar refractivity (Wildman–Crippen MR) is 65.8 cm³/mol. The summed E-state index contributed by atoms with van der Waals surface area (Å²) >= 11 is 0. The molecule has 7 heteroatoms. The van der Waals surface area contributed by atoms with E-state index in [2.05, 4.69) is 15.0 Å². The van der Waals surface area contributed by atoms with E-state index in [4.69, 9.17) is 9.47 Å². The van der Waals surface area contributed by atoms with Crippen LogP contribution in [0.3, 0.4) is 0 Å². The zero-order valence-corrected chi connectivity index (χ0v) is 10.6. The van der Waals surface area contributed by atoms with E-state index < -0.39 is 11.9 Å². The van der Waals surface area contributed by atoms with Crippen LogP contribution in [-0.2, 0) is 9.47 Å². The molecule has 0 unspecified atom stereocenters. The molecule has 100 valence electrons. The van der Waals surface area contributed by atoms with E-state index >= 15 is 0 Å². The average Bonchev–Trinajstić information content (AvgIpc) is 2.86. The third-order valence-electron chi connectivity index (χ3n) is 2.33. The van der Waals surface area contributed by atoms with Gasteiger partial charge in [-0.2, -0.15) is 0 Å². The maximum atomic E-state index is 11.8. The van der Waals surface area contributed by atoms with Crippen molar-refractivity contribution in [3.8, 4) is 0 Å². The maximum Gasteiger partial charge on any atom is 0.376 e. The maximum absolute atomic E-state index is 11.8. The largest absolute Gasteiger partial charge is 0.461 e. The van der Waals surface area contributed by atoms with E-state index in [-0.39, 0.29) is 24.7 Å². The first-order chi connectivity index (χ1) is 9.17. The van der Waals surface area contributed by atoms with Gasteiger partial charge in [0.1, 0.15) is 0 Å². The fourth-order valence-electron chi connectivity index (χ4n) is 1.58. The van der Waals surface area contributed by atoms with Gasteiger partial charge in [0.05, 0.1) is 24.2 Å². The number of hydrogen-bond acceptors (Lipinski definition) is 6. The number of ether oxygens (including phenoxy) is 2. The zero-order chi connectivity index (χ0) is 13.8. The average molecular weight is 263 g/mol. The van der Waals surface area contributed by atoms with Crippen LogP contribution in [0.1, 0.15) is 35.0 Å². The highest BCUT2D eigenvalue weighted by Crippen LogP contribution is 2.15. The summed E-state index contributed by atoms with van der Waals surface area (Å²) in [5.41, 5.74) is 0.924. The number of carbonyl (C=O) groups excluding carboxylic acids is 2. The summed E-state index contributed by atoms with van der Waals surface area (Å²) in [7, 11) is 0. The summed E-state index contributed by atoms with van der Waals surface area (Å²) in [5, 5.41) is 0. The van der Waals surface area contributed by atoms with Gasteiger partial charge >= 0.3 is 11.9 Å². The van der Waals surface area contributed by atoms with Crippen molar-refractivity contribution in [3.05, 3.63) is 23.8 Å². The fraction of sp³-hybridized carbons (Fsp3) is 0.333. The summed E-state index contributed by atoms with van der Waals surface area (Å²) in [6.45, 7) is 3.80. The monoisotopic (exact) mass is 263 g/mol. The molecule has 2 heterocycles. The topological polar surface area (TPSA) is 94.2 Å². The molecule has 0 spiro atoms. The van der Waals surface area contributed by atoms with Crippen molar-refractivity contribution in [2.24, 2.45) is 0 Å². The number of carbonyl (C=O) groups is 2. The molecule has 7 nitrogen and oxygen atoms in total. The summed E-state index contributed by atoms with van der Waals surface area (Å²) in [4.78, 5) is 34.2. The Morgan fingerprint density at radius 3 is 2.53 bits per heavy atom. The van der Waals surface area contributed by atoms with Crippen LogP contribution < -0.4 is 0 Å². The first-order valence-electron chi connectivity index (χ1n) is 5.86. The minimum atomic E-state index is -0.670. The standard InChI is InChI=1S/C12H13N3O4/c1-3-18-11(16)9-8-7(5-6-13-8)14-10(15-9)12(17)19-4-2/h5-6,13H,3-4H2,1-2H3. The molecule has 0 saturated carbocycles. The second-order valence-electron chi connectivity index (χ2n) is 3.57. The molecular weight excluding hydrogens is 250 g/mol. The van der Waals surface area contributed by atoms with E-state index in [0.717, 1.165) is 0 Å². The number of aromatic nitrogens is 3. The molecule has 0 fully saturated rings. The Kier molecular flexibility index (Phi) is 3.74. The van der Waals surface area contributed by atoms with Crippen LogP contribution >= 0.6 is 0 Å². The summed E-state index contributed by atoms with van der Waals surface area (Å²) in [5.74, 6) is -1.43. The molecule has 0 amide bonds. The smallest absolute Gasteiger partial charge is 0.376 e. The molecule has 0 atom stereocenters. The Balaban J connectivity index is 2.51. The Hall–Kier alpha value is -2.44. The third-order valence-corrected chi connectivity index (χ3v) is 2.33.